The second-order valence-corrected chi connectivity index (χ2v) is 8.26. The number of amides is 1. The van der Waals surface area contributed by atoms with E-state index in [1.807, 2.05) is 0 Å². The lowest BCUT2D eigenvalue weighted by Crippen LogP contribution is -2.21. The third-order valence-corrected chi connectivity index (χ3v) is 4.87. The van der Waals surface area contributed by atoms with Crippen molar-refractivity contribution in [3.8, 4) is 0 Å². The number of benzene rings is 1. The summed E-state index contributed by atoms with van der Waals surface area (Å²) in [5.41, 5.74) is -0.0410. The zero-order valence-corrected chi connectivity index (χ0v) is 13.7. The van der Waals surface area contributed by atoms with E-state index < -0.39 is 14.0 Å². The fourth-order valence-electron chi connectivity index (χ4n) is 1.42. The van der Waals surface area contributed by atoms with Gasteiger partial charge in [-0.25, -0.2) is 8.42 Å². The molecule has 0 aromatic heterocycles. The standard InChI is InChI=1S/C11H13ClN2O5S2/c1-13(2)11(15)8-3-4-10(9(7-8)14(16)17)20-5-6-21(12,18)19/h3-4,7H,5-6H2,1-2H3. The van der Waals surface area contributed by atoms with Crippen LogP contribution < -0.4 is 0 Å². The van der Waals surface area contributed by atoms with Gasteiger partial charge in [-0.3, -0.25) is 14.9 Å². The number of thioether (sulfide) groups is 1. The van der Waals surface area contributed by atoms with Crippen LogP contribution in [0.5, 0.6) is 0 Å². The summed E-state index contributed by atoms with van der Waals surface area (Å²) < 4.78 is 21.7. The van der Waals surface area contributed by atoms with Gasteiger partial charge >= 0.3 is 0 Å². The molecule has 0 spiro atoms. The van der Waals surface area contributed by atoms with Crippen molar-refractivity contribution >= 4 is 43.1 Å². The summed E-state index contributed by atoms with van der Waals surface area (Å²) in [7, 11) is 4.53. The first-order valence-electron chi connectivity index (χ1n) is 5.67. The molecule has 7 nitrogen and oxygen atoms in total. The van der Waals surface area contributed by atoms with Gasteiger partial charge in [0.25, 0.3) is 11.6 Å². The second kappa shape index (κ2) is 7.10. The Labute approximate surface area is 130 Å². The SMILES string of the molecule is CN(C)C(=O)c1ccc(SCCS(=O)(=O)Cl)c([N+](=O)[O-])c1. The molecular weight excluding hydrogens is 340 g/mol. The Bertz CT molecular complexity index is 661. The molecule has 1 aromatic carbocycles. The van der Waals surface area contributed by atoms with Crippen molar-refractivity contribution in [3.63, 3.8) is 0 Å². The molecule has 0 fully saturated rings. The summed E-state index contributed by atoms with van der Waals surface area (Å²) in [6.07, 6.45) is 0. The van der Waals surface area contributed by atoms with Crippen molar-refractivity contribution in [3.05, 3.63) is 33.9 Å². The van der Waals surface area contributed by atoms with E-state index in [-0.39, 0.29) is 33.6 Å². The Kier molecular flexibility index (Phi) is 5.99. The van der Waals surface area contributed by atoms with E-state index in [2.05, 4.69) is 0 Å². The van der Waals surface area contributed by atoms with E-state index in [9.17, 15) is 23.3 Å². The Morgan fingerprint density at radius 2 is 2.05 bits per heavy atom. The number of carbonyl (C=O) groups excluding carboxylic acids is 1. The second-order valence-electron chi connectivity index (χ2n) is 4.23. The number of nitrogens with zero attached hydrogens (tertiary/aromatic N) is 2. The normalized spacial score (nSPS) is 11.2. The Morgan fingerprint density at radius 1 is 1.43 bits per heavy atom. The highest BCUT2D eigenvalue weighted by Crippen LogP contribution is 2.30. The number of carbonyl (C=O) groups is 1. The highest BCUT2D eigenvalue weighted by atomic mass is 35.7. The summed E-state index contributed by atoms with van der Waals surface area (Å²) in [4.78, 5) is 23.8. The number of nitro groups is 1. The van der Waals surface area contributed by atoms with Gasteiger partial charge in [0.1, 0.15) is 0 Å². The first kappa shape index (κ1) is 17.7. The van der Waals surface area contributed by atoms with Crippen LogP contribution in [-0.4, -0.2) is 49.7 Å². The summed E-state index contributed by atoms with van der Waals surface area (Å²) in [6.45, 7) is 0. The maximum Gasteiger partial charge on any atom is 0.283 e. The van der Waals surface area contributed by atoms with Gasteiger partial charge in [-0.1, -0.05) is 0 Å². The molecule has 0 bridgehead atoms. The molecule has 0 aliphatic carbocycles. The third-order valence-electron chi connectivity index (χ3n) is 2.39. The molecule has 0 saturated carbocycles. The topological polar surface area (TPSA) is 97.6 Å². The van der Waals surface area contributed by atoms with Gasteiger partial charge in [-0.05, 0) is 12.1 Å². The number of hydrogen-bond acceptors (Lipinski definition) is 6. The molecule has 0 saturated heterocycles. The van der Waals surface area contributed by atoms with Gasteiger partial charge in [0.15, 0.2) is 0 Å². The minimum atomic E-state index is -3.64. The fraction of sp³-hybridized carbons (Fsp3) is 0.364. The maximum atomic E-state index is 11.8. The van der Waals surface area contributed by atoms with Crippen molar-refractivity contribution in [1.82, 2.24) is 4.90 Å². The predicted octanol–water partition coefficient (Wildman–Crippen LogP) is 1.96. The molecule has 1 amide bonds. The van der Waals surface area contributed by atoms with Gasteiger partial charge in [-0.15, -0.1) is 11.8 Å². The lowest BCUT2D eigenvalue weighted by Gasteiger charge is -2.10. The van der Waals surface area contributed by atoms with E-state index in [4.69, 9.17) is 10.7 Å². The molecule has 0 atom stereocenters. The number of halogens is 1. The number of hydrogen-bond donors (Lipinski definition) is 0. The Balaban J connectivity index is 3.00. The summed E-state index contributed by atoms with van der Waals surface area (Å²) in [6, 6.07) is 4.08. The van der Waals surface area contributed by atoms with Crippen molar-refractivity contribution in [2.45, 2.75) is 4.90 Å². The zero-order valence-electron chi connectivity index (χ0n) is 11.3. The van der Waals surface area contributed by atoms with E-state index in [1.165, 1.54) is 23.1 Å². The quantitative estimate of drug-likeness (QED) is 0.336. The van der Waals surface area contributed by atoms with Gasteiger partial charge in [0.05, 0.1) is 15.6 Å². The van der Waals surface area contributed by atoms with Gasteiger partial charge < -0.3 is 4.90 Å². The van der Waals surface area contributed by atoms with Crippen LogP contribution in [0.4, 0.5) is 5.69 Å². The molecule has 0 aliphatic heterocycles. The number of rotatable bonds is 6. The fourth-order valence-corrected chi connectivity index (χ4v) is 3.79. The van der Waals surface area contributed by atoms with Crippen LogP contribution in [0.25, 0.3) is 0 Å². The molecule has 0 heterocycles. The Morgan fingerprint density at radius 3 is 2.52 bits per heavy atom. The smallest absolute Gasteiger partial charge is 0.283 e. The van der Waals surface area contributed by atoms with Crippen LogP contribution in [0.3, 0.4) is 0 Å². The van der Waals surface area contributed by atoms with Crippen LogP contribution in [0.2, 0.25) is 0 Å². The molecule has 0 radical (unpaired) electrons. The van der Waals surface area contributed by atoms with Crippen molar-refractivity contribution in [2.75, 3.05) is 25.6 Å². The molecule has 10 heteroatoms. The van der Waals surface area contributed by atoms with E-state index >= 15 is 0 Å². The van der Waals surface area contributed by atoms with E-state index in [0.29, 0.717) is 0 Å². The average molecular weight is 353 g/mol. The first-order valence-corrected chi connectivity index (χ1v) is 9.13. The highest BCUT2D eigenvalue weighted by molar-refractivity contribution is 8.14. The van der Waals surface area contributed by atoms with Crippen LogP contribution >= 0.6 is 22.4 Å². The van der Waals surface area contributed by atoms with Crippen molar-refractivity contribution < 1.29 is 18.1 Å². The monoisotopic (exact) mass is 352 g/mol. The number of nitro benzene ring substituents is 1. The maximum absolute atomic E-state index is 11.8. The van der Waals surface area contributed by atoms with Gasteiger partial charge in [-0.2, -0.15) is 0 Å². The van der Waals surface area contributed by atoms with Crippen LogP contribution in [0.15, 0.2) is 23.1 Å². The van der Waals surface area contributed by atoms with Crippen LogP contribution in [0.1, 0.15) is 10.4 Å². The minimum absolute atomic E-state index is 0.0909. The summed E-state index contributed by atoms with van der Waals surface area (Å²) in [5.74, 6) is -0.555. The highest BCUT2D eigenvalue weighted by Gasteiger charge is 2.19. The van der Waals surface area contributed by atoms with Crippen molar-refractivity contribution in [1.29, 1.82) is 0 Å². The first-order chi connectivity index (χ1) is 9.61. The molecule has 0 N–H and O–H groups in total. The molecule has 116 valence electrons. The third kappa shape index (κ3) is 5.52. The lowest BCUT2D eigenvalue weighted by molar-refractivity contribution is -0.387. The van der Waals surface area contributed by atoms with E-state index in [0.717, 1.165) is 11.8 Å². The largest absolute Gasteiger partial charge is 0.345 e. The van der Waals surface area contributed by atoms with Crippen molar-refractivity contribution in [2.24, 2.45) is 0 Å². The summed E-state index contributed by atoms with van der Waals surface area (Å²) >= 11 is 1.00. The van der Waals surface area contributed by atoms with Crippen LogP contribution in [0, 0.1) is 10.1 Å². The molecule has 1 rings (SSSR count). The molecular formula is C11H13ClN2O5S2. The molecule has 0 aliphatic rings. The van der Waals surface area contributed by atoms with Gasteiger partial charge in [0.2, 0.25) is 9.05 Å². The lowest BCUT2D eigenvalue weighted by atomic mass is 10.2. The molecule has 1 aromatic rings. The Hall–Kier alpha value is -1.32. The average Bonchev–Trinajstić information content (AvgIpc) is 2.36. The van der Waals surface area contributed by atoms with Crippen LogP contribution in [-0.2, 0) is 9.05 Å². The predicted molar refractivity (Wildman–Crippen MR) is 81.5 cm³/mol. The van der Waals surface area contributed by atoms with E-state index in [1.54, 1.807) is 14.1 Å². The summed E-state index contributed by atoms with van der Waals surface area (Å²) in [5, 5.41) is 11.0. The minimum Gasteiger partial charge on any atom is -0.345 e. The molecule has 21 heavy (non-hydrogen) atoms. The molecule has 0 unspecified atom stereocenters. The zero-order chi connectivity index (χ0) is 16.2. The van der Waals surface area contributed by atoms with Gasteiger partial charge in [0, 0.05) is 42.2 Å².